The summed E-state index contributed by atoms with van der Waals surface area (Å²) in [7, 11) is -2.06. The van der Waals surface area contributed by atoms with E-state index in [0.29, 0.717) is 6.07 Å². The Balaban J connectivity index is 1.76. The average molecular weight is 366 g/mol. The molecule has 1 amide bonds. The maximum atomic E-state index is 13.6. The lowest BCUT2D eigenvalue weighted by atomic mass is 10.2. The van der Waals surface area contributed by atoms with Gasteiger partial charge in [-0.2, -0.15) is 4.31 Å². The summed E-state index contributed by atoms with van der Waals surface area (Å²) in [5, 5.41) is 2.32. The van der Waals surface area contributed by atoms with Crippen LogP contribution in [0.25, 0.3) is 0 Å². The second-order valence-corrected chi connectivity index (χ2v) is 7.85. The third kappa shape index (κ3) is 3.69. The molecule has 0 unspecified atom stereocenters. The zero-order valence-corrected chi connectivity index (χ0v) is 14.2. The molecule has 0 saturated heterocycles. The summed E-state index contributed by atoms with van der Waals surface area (Å²) >= 11 is 0. The van der Waals surface area contributed by atoms with Gasteiger partial charge in [0.25, 0.3) is 5.91 Å². The summed E-state index contributed by atoms with van der Waals surface area (Å²) in [6.45, 7) is 0. The van der Waals surface area contributed by atoms with E-state index in [-0.39, 0.29) is 22.2 Å². The fourth-order valence-corrected chi connectivity index (χ4v) is 3.78. The van der Waals surface area contributed by atoms with Crippen LogP contribution in [0.15, 0.2) is 47.4 Å². The molecule has 132 valence electrons. The second kappa shape index (κ2) is 6.53. The number of benzene rings is 2. The van der Waals surface area contributed by atoms with Crippen molar-refractivity contribution in [3.63, 3.8) is 0 Å². The molecule has 1 saturated carbocycles. The average Bonchev–Trinajstić information content (AvgIpc) is 3.41. The molecule has 25 heavy (non-hydrogen) atoms. The molecule has 2 aromatic carbocycles. The van der Waals surface area contributed by atoms with Gasteiger partial charge in [-0.25, -0.2) is 17.2 Å². The lowest BCUT2D eigenvalue weighted by Gasteiger charge is -2.16. The van der Waals surface area contributed by atoms with E-state index in [4.69, 9.17) is 0 Å². The van der Waals surface area contributed by atoms with Crippen molar-refractivity contribution in [3.05, 3.63) is 59.7 Å². The highest BCUT2D eigenvalue weighted by molar-refractivity contribution is 7.89. The van der Waals surface area contributed by atoms with Gasteiger partial charge in [-0.15, -0.1) is 0 Å². The molecule has 0 heterocycles. The quantitative estimate of drug-likeness (QED) is 0.885. The van der Waals surface area contributed by atoms with E-state index in [0.717, 1.165) is 25.0 Å². The number of carbonyl (C=O) groups excluding carboxylic acids is 1. The highest BCUT2D eigenvalue weighted by atomic mass is 32.2. The molecule has 2 aromatic rings. The highest BCUT2D eigenvalue weighted by Crippen LogP contribution is 2.30. The first-order valence-electron chi connectivity index (χ1n) is 7.63. The molecule has 0 atom stereocenters. The van der Waals surface area contributed by atoms with Crippen molar-refractivity contribution < 1.29 is 22.0 Å². The van der Waals surface area contributed by atoms with Gasteiger partial charge in [0.2, 0.25) is 10.0 Å². The van der Waals surface area contributed by atoms with Crippen molar-refractivity contribution in [2.45, 2.75) is 23.8 Å². The number of sulfonamides is 1. The van der Waals surface area contributed by atoms with Crippen molar-refractivity contribution in [2.24, 2.45) is 0 Å². The van der Waals surface area contributed by atoms with Crippen molar-refractivity contribution >= 4 is 21.6 Å². The molecule has 0 aromatic heterocycles. The zero-order valence-electron chi connectivity index (χ0n) is 13.4. The molecule has 8 heteroatoms. The zero-order chi connectivity index (χ0) is 18.2. The Bertz CT molecular complexity index is 910. The minimum Gasteiger partial charge on any atom is -0.319 e. The normalized spacial score (nSPS) is 14.6. The Morgan fingerprint density at radius 3 is 2.32 bits per heavy atom. The lowest BCUT2D eigenvalue weighted by molar-refractivity contribution is 0.102. The Morgan fingerprint density at radius 1 is 1.12 bits per heavy atom. The molecule has 1 N–H and O–H groups in total. The molecule has 0 bridgehead atoms. The van der Waals surface area contributed by atoms with Gasteiger partial charge in [0.1, 0.15) is 11.6 Å². The Morgan fingerprint density at radius 2 is 1.76 bits per heavy atom. The number of anilines is 1. The predicted octanol–water partition coefficient (Wildman–Crippen LogP) is 3.00. The Kier molecular flexibility index (Phi) is 4.57. The van der Waals surface area contributed by atoms with E-state index in [1.807, 2.05) is 0 Å². The molecule has 0 aliphatic heterocycles. The molecule has 0 spiro atoms. The lowest BCUT2D eigenvalue weighted by Crippen LogP contribution is -2.29. The maximum Gasteiger partial charge on any atom is 0.255 e. The van der Waals surface area contributed by atoms with Crippen LogP contribution in [-0.2, 0) is 10.0 Å². The minimum atomic E-state index is -3.59. The molecular formula is C17H16F2N2O3S. The number of nitrogens with zero attached hydrogens (tertiary/aromatic N) is 1. The van der Waals surface area contributed by atoms with E-state index in [9.17, 15) is 22.0 Å². The van der Waals surface area contributed by atoms with Crippen LogP contribution in [0.2, 0.25) is 0 Å². The van der Waals surface area contributed by atoms with Gasteiger partial charge in [-0.3, -0.25) is 4.79 Å². The van der Waals surface area contributed by atoms with Gasteiger partial charge in [-0.05, 0) is 49.2 Å². The summed E-state index contributed by atoms with van der Waals surface area (Å²) in [5.74, 6) is -2.26. The molecule has 1 aliphatic carbocycles. The Hall–Kier alpha value is -2.32. The van der Waals surface area contributed by atoms with Gasteiger partial charge >= 0.3 is 0 Å². The molecule has 3 rings (SSSR count). The summed E-state index contributed by atoms with van der Waals surface area (Å²) in [6.07, 6.45) is 1.69. The third-order valence-electron chi connectivity index (χ3n) is 4.03. The number of carbonyl (C=O) groups is 1. The fraction of sp³-hybridized carbons (Fsp3) is 0.235. The van der Waals surface area contributed by atoms with Crippen LogP contribution in [-0.4, -0.2) is 31.7 Å². The van der Waals surface area contributed by atoms with Crippen LogP contribution in [0.5, 0.6) is 0 Å². The van der Waals surface area contributed by atoms with E-state index in [2.05, 4.69) is 5.32 Å². The van der Waals surface area contributed by atoms with Crippen LogP contribution in [0, 0.1) is 11.6 Å². The first-order valence-corrected chi connectivity index (χ1v) is 9.07. The van der Waals surface area contributed by atoms with Crippen molar-refractivity contribution in [1.29, 1.82) is 0 Å². The number of hydrogen-bond donors (Lipinski definition) is 1. The van der Waals surface area contributed by atoms with Crippen molar-refractivity contribution in [2.75, 3.05) is 12.4 Å². The first-order chi connectivity index (χ1) is 11.8. The van der Waals surface area contributed by atoms with Gasteiger partial charge in [0.15, 0.2) is 0 Å². The van der Waals surface area contributed by atoms with E-state index in [1.165, 1.54) is 35.6 Å². The summed E-state index contributed by atoms with van der Waals surface area (Å²) in [5.41, 5.74) is 0.00770. The second-order valence-electron chi connectivity index (χ2n) is 5.86. The third-order valence-corrected chi connectivity index (χ3v) is 5.96. The number of amides is 1. The summed E-state index contributed by atoms with van der Waals surface area (Å²) in [4.78, 5) is 12.2. The van der Waals surface area contributed by atoms with Crippen molar-refractivity contribution in [1.82, 2.24) is 4.31 Å². The predicted molar refractivity (Wildman–Crippen MR) is 88.7 cm³/mol. The van der Waals surface area contributed by atoms with Crippen LogP contribution in [0.1, 0.15) is 23.2 Å². The number of nitrogens with one attached hydrogen (secondary N) is 1. The molecule has 0 radical (unpaired) electrons. The summed E-state index contributed by atoms with van der Waals surface area (Å²) in [6, 6.07) is 8.23. The van der Waals surface area contributed by atoms with E-state index in [1.54, 1.807) is 0 Å². The molecular weight excluding hydrogens is 350 g/mol. The minimum absolute atomic E-state index is 0.0365. The van der Waals surface area contributed by atoms with E-state index >= 15 is 0 Å². The smallest absolute Gasteiger partial charge is 0.255 e. The Labute approximate surface area is 144 Å². The molecule has 1 aliphatic rings. The highest BCUT2D eigenvalue weighted by Gasteiger charge is 2.34. The van der Waals surface area contributed by atoms with Crippen molar-refractivity contribution in [3.8, 4) is 0 Å². The van der Waals surface area contributed by atoms with Crippen LogP contribution >= 0.6 is 0 Å². The molecule has 1 fully saturated rings. The van der Waals surface area contributed by atoms with Crippen LogP contribution in [0.3, 0.4) is 0 Å². The number of rotatable bonds is 5. The van der Waals surface area contributed by atoms with E-state index < -0.39 is 27.6 Å². The molecule has 5 nitrogen and oxygen atoms in total. The largest absolute Gasteiger partial charge is 0.319 e. The van der Waals surface area contributed by atoms with Crippen LogP contribution < -0.4 is 5.32 Å². The van der Waals surface area contributed by atoms with Gasteiger partial charge in [-0.1, -0.05) is 0 Å². The monoisotopic (exact) mass is 366 g/mol. The first kappa shape index (κ1) is 17.5. The summed E-state index contributed by atoms with van der Waals surface area (Å²) < 4.78 is 52.6. The van der Waals surface area contributed by atoms with Crippen LogP contribution in [0.4, 0.5) is 14.5 Å². The number of hydrogen-bond acceptors (Lipinski definition) is 3. The maximum absolute atomic E-state index is 13.6. The van der Waals surface area contributed by atoms with Gasteiger partial charge in [0.05, 0.1) is 10.6 Å². The topological polar surface area (TPSA) is 66.5 Å². The number of halogens is 2. The standard InChI is InChI=1S/C17H16F2N2O3S/c1-21(13-5-6-13)25(23,24)14-7-2-11(3-8-14)17(22)20-16-9-4-12(18)10-15(16)19/h2-4,7-10,13H,5-6H2,1H3,(H,20,22). The van der Waals surface area contributed by atoms with Gasteiger partial charge in [0, 0.05) is 24.7 Å². The SMILES string of the molecule is CN(C1CC1)S(=O)(=O)c1ccc(C(=O)Nc2ccc(F)cc2F)cc1. The van der Waals surface area contributed by atoms with Gasteiger partial charge < -0.3 is 5.32 Å². The fourth-order valence-electron chi connectivity index (χ4n) is 2.36.